The van der Waals surface area contributed by atoms with Crippen LogP contribution in [-0.4, -0.2) is 13.7 Å². The minimum absolute atomic E-state index is 0.261. The fourth-order valence-corrected chi connectivity index (χ4v) is 0.979. The van der Waals surface area contributed by atoms with Gasteiger partial charge < -0.3 is 10.1 Å². The van der Waals surface area contributed by atoms with Gasteiger partial charge in [-0.25, -0.2) is 4.39 Å². The van der Waals surface area contributed by atoms with Crippen molar-refractivity contribution in [3.8, 4) is 5.75 Å². The second-order valence-corrected chi connectivity index (χ2v) is 2.32. The van der Waals surface area contributed by atoms with Gasteiger partial charge in [0.1, 0.15) is 11.6 Å². The summed E-state index contributed by atoms with van der Waals surface area (Å²) in [6, 6.07) is 4.40. The lowest BCUT2D eigenvalue weighted by Crippen LogP contribution is -1.97. The van der Waals surface area contributed by atoms with Crippen LogP contribution < -0.4 is 10.1 Å². The molecule has 1 aromatic carbocycles. The average Bonchev–Trinajstić information content (AvgIpc) is 2.08. The smallest absolute Gasteiger partial charge is 0.142 e. The Morgan fingerprint density at radius 2 is 2.25 bits per heavy atom. The molecule has 0 amide bonds. The Hall–Kier alpha value is -1.25. The molecule has 0 aliphatic carbocycles. The molecule has 0 fully saturated rings. The van der Waals surface area contributed by atoms with E-state index in [0.717, 1.165) is 0 Å². The summed E-state index contributed by atoms with van der Waals surface area (Å²) < 4.78 is 17.9. The van der Waals surface area contributed by atoms with E-state index in [1.165, 1.54) is 12.1 Å². The summed E-state index contributed by atoms with van der Waals surface area (Å²) in [6.45, 7) is 2.48. The largest absolute Gasteiger partial charge is 0.492 e. The summed E-state index contributed by atoms with van der Waals surface area (Å²) in [7, 11) is 1.73. The highest BCUT2D eigenvalue weighted by Gasteiger charge is 2.01. The number of hydrogen-bond donors (Lipinski definition) is 1. The number of anilines is 1. The molecule has 66 valence electrons. The van der Waals surface area contributed by atoms with Crippen LogP contribution in [0, 0.1) is 5.82 Å². The molecule has 12 heavy (non-hydrogen) atoms. The van der Waals surface area contributed by atoms with Crippen LogP contribution in [-0.2, 0) is 0 Å². The third kappa shape index (κ3) is 1.87. The summed E-state index contributed by atoms with van der Waals surface area (Å²) in [4.78, 5) is 0. The second kappa shape index (κ2) is 3.95. The second-order valence-electron chi connectivity index (χ2n) is 2.32. The monoisotopic (exact) mass is 169 g/mol. The first-order valence-corrected chi connectivity index (χ1v) is 3.88. The van der Waals surface area contributed by atoms with Crippen LogP contribution in [0.5, 0.6) is 5.75 Å². The molecule has 0 aliphatic heterocycles. The summed E-state index contributed by atoms with van der Waals surface area (Å²) in [5.41, 5.74) is 0.678. The topological polar surface area (TPSA) is 21.3 Å². The fourth-order valence-electron chi connectivity index (χ4n) is 0.979. The van der Waals surface area contributed by atoms with Gasteiger partial charge in [0, 0.05) is 13.1 Å². The third-order valence-electron chi connectivity index (χ3n) is 1.51. The third-order valence-corrected chi connectivity index (χ3v) is 1.51. The highest BCUT2D eigenvalue weighted by molar-refractivity contribution is 5.55. The zero-order valence-electron chi connectivity index (χ0n) is 7.23. The van der Waals surface area contributed by atoms with Crippen LogP contribution in [0.1, 0.15) is 6.92 Å². The van der Waals surface area contributed by atoms with Gasteiger partial charge in [-0.2, -0.15) is 0 Å². The molecule has 2 nitrogen and oxygen atoms in total. The van der Waals surface area contributed by atoms with Crippen LogP contribution in [0.2, 0.25) is 0 Å². The normalized spacial score (nSPS) is 9.58. The number of ether oxygens (including phenoxy) is 1. The maximum Gasteiger partial charge on any atom is 0.142 e. The fraction of sp³-hybridized carbons (Fsp3) is 0.333. The molecule has 0 aromatic heterocycles. The number of nitrogens with one attached hydrogen (secondary N) is 1. The maximum absolute atomic E-state index is 12.7. The lowest BCUT2D eigenvalue weighted by molar-refractivity contribution is 0.341. The zero-order chi connectivity index (χ0) is 8.97. The summed E-state index contributed by atoms with van der Waals surface area (Å²) in [5.74, 6) is 0.421. The Balaban J connectivity index is 2.94. The number of benzene rings is 1. The molecule has 0 bridgehead atoms. The average molecular weight is 169 g/mol. The first-order valence-electron chi connectivity index (χ1n) is 3.88. The van der Waals surface area contributed by atoms with Gasteiger partial charge in [-0.05, 0) is 19.1 Å². The van der Waals surface area contributed by atoms with E-state index in [1.54, 1.807) is 13.1 Å². The van der Waals surface area contributed by atoms with Gasteiger partial charge in [-0.3, -0.25) is 0 Å². The van der Waals surface area contributed by atoms with Crippen molar-refractivity contribution in [2.45, 2.75) is 6.92 Å². The highest BCUT2D eigenvalue weighted by Crippen LogP contribution is 2.24. The minimum atomic E-state index is -0.261. The van der Waals surface area contributed by atoms with Gasteiger partial charge in [0.05, 0.1) is 12.3 Å². The highest BCUT2D eigenvalue weighted by atomic mass is 19.1. The Kier molecular flexibility index (Phi) is 2.91. The van der Waals surface area contributed by atoms with Crippen molar-refractivity contribution in [3.63, 3.8) is 0 Å². The molecule has 0 heterocycles. The van der Waals surface area contributed by atoms with Gasteiger partial charge in [0.2, 0.25) is 0 Å². The van der Waals surface area contributed by atoms with Gasteiger partial charge in [-0.1, -0.05) is 0 Å². The maximum atomic E-state index is 12.7. The van der Waals surface area contributed by atoms with Gasteiger partial charge in [0.15, 0.2) is 0 Å². The zero-order valence-corrected chi connectivity index (χ0v) is 7.23. The van der Waals surface area contributed by atoms with Crippen molar-refractivity contribution in [1.29, 1.82) is 0 Å². The van der Waals surface area contributed by atoms with E-state index in [9.17, 15) is 4.39 Å². The molecule has 0 radical (unpaired) electrons. The summed E-state index contributed by atoms with van der Waals surface area (Å²) in [6.07, 6.45) is 0. The van der Waals surface area contributed by atoms with Crippen molar-refractivity contribution < 1.29 is 9.13 Å². The lowest BCUT2D eigenvalue weighted by Gasteiger charge is -2.08. The first kappa shape index (κ1) is 8.84. The van der Waals surface area contributed by atoms with Crippen LogP contribution in [0.4, 0.5) is 10.1 Å². The van der Waals surface area contributed by atoms with Crippen LogP contribution >= 0.6 is 0 Å². The van der Waals surface area contributed by atoms with Crippen molar-refractivity contribution in [2.24, 2.45) is 0 Å². The van der Waals surface area contributed by atoms with Gasteiger partial charge >= 0.3 is 0 Å². The molecule has 0 spiro atoms. The Morgan fingerprint density at radius 3 is 2.83 bits per heavy atom. The van der Waals surface area contributed by atoms with E-state index < -0.39 is 0 Å². The van der Waals surface area contributed by atoms with Crippen LogP contribution in [0.3, 0.4) is 0 Å². The van der Waals surface area contributed by atoms with E-state index in [2.05, 4.69) is 5.32 Å². The molecule has 3 heteroatoms. The molecule has 0 saturated heterocycles. The molecule has 0 unspecified atom stereocenters. The van der Waals surface area contributed by atoms with E-state index >= 15 is 0 Å². The number of halogens is 1. The van der Waals surface area contributed by atoms with Gasteiger partial charge in [-0.15, -0.1) is 0 Å². The number of hydrogen-bond acceptors (Lipinski definition) is 2. The van der Waals surface area contributed by atoms with E-state index in [4.69, 9.17) is 4.74 Å². The number of rotatable bonds is 3. The first-order chi connectivity index (χ1) is 5.77. The Bertz CT molecular complexity index is 263. The minimum Gasteiger partial charge on any atom is -0.492 e. The molecule has 0 aliphatic rings. The Morgan fingerprint density at radius 1 is 1.50 bits per heavy atom. The van der Waals surface area contributed by atoms with Crippen molar-refractivity contribution in [3.05, 3.63) is 24.0 Å². The molecule has 1 aromatic rings. The Labute approximate surface area is 71.4 Å². The molecule has 0 atom stereocenters. The van der Waals surface area contributed by atoms with E-state index in [1.807, 2.05) is 6.92 Å². The SMILES string of the molecule is CCOc1ccc(F)cc1NC. The van der Waals surface area contributed by atoms with Crippen molar-refractivity contribution in [2.75, 3.05) is 19.0 Å². The molecule has 1 N–H and O–H groups in total. The summed E-state index contributed by atoms with van der Waals surface area (Å²) >= 11 is 0. The molecule has 1 rings (SSSR count). The van der Waals surface area contributed by atoms with Crippen LogP contribution in [0.15, 0.2) is 18.2 Å². The molecular weight excluding hydrogens is 157 g/mol. The summed E-state index contributed by atoms with van der Waals surface area (Å²) in [5, 5.41) is 2.86. The van der Waals surface area contributed by atoms with Crippen LogP contribution in [0.25, 0.3) is 0 Å². The quantitative estimate of drug-likeness (QED) is 0.749. The van der Waals surface area contributed by atoms with Gasteiger partial charge in [0.25, 0.3) is 0 Å². The standard InChI is InChI=1S/C9H12FNO/c1-3-12-9-5-4-7(10)6-8(9)11-2/h4-6,11H,3H2,1-2H3. The van der Waals surface area contributed by atoms with Crippen molar-refractivity contribution in [1.82, 2.24) is 0 Å². The van der Waals surface area contributed by atoms with E-state index in [-0.39, 0.29) is 5.82 Å². The van der Waals surface area contributed by atoms with E-state index in [0.29, 0.717) is 18.0 Å². The van der Waals surface area contributed by atoms with Crippen molar-refractivity contribution >= 4 is 5.69 Å². The lowest BCUT2D eigenvalue weighted by atomic mass is 10.3. The molecular formula is C9H12FNO. The molecule has 0 saturated carbocycles. The predicted octanol–water partition coefficient (Wildman–Crippen LogP) is 2.27. The predicted molar refractivity (Wildman–Crippen MR) is 47.1 cm³/mol.